The molecule has 8 atom stereocenters. The third-order valence-corrected chi connectivity index (χ3v) is 9.12. The van der Waals surface area contributed by atoms with Crippen LogP contribution in [0.25, 0.3) is 0 Å². The zero-order valence-corrected chi connectivity index (χ0v) is 14.8. The van der Waals surface area contributed by atoms with Crippen molar-refractivity contribution < 1.29 is 9.59 Å². The molecule has 4 fully saturated rings. The summed E-state index contributed by atoms with van der Waals surface area (Å²) in [4.78, 5) is 26.0. The van der Waals surface area contributed by atoms with Gasteiger partial charge in [0.2, 0.25) is 0 Å². The van der Waals surface area contributed by atoms with E-state index in [9.17, 15) is 9.59 Å². The summed E-state index contributed by atoms with van der Waals surface area (Å²) in [6.45, 7) is 13.8. The molecule has 4 rings (SSSR count). The Hall–Kier alpha value is -0.660. The minimum atomic E-state index is 0.0328. The molecule has 2 nitrogen and oxygen atoms in total. The molecule has 0 aromatic heterocycles. The molecular weight excluding hydrogens is 272 g/mol. The Balaban J connectivity index is 1.72. The molecule has 0 amide bonds. The van der Waals surface area contributed by atoms with E-state index in [-0.39, 0.29) is 34.5 Å². The molecule has 4 bridgehead atoms. The Morgan fingerprint density at radius 3 is 1.32 bits per heavy atom. The van der Waals surface area contributed by atoms with Crippen LogP contribution in [0.3, 0.4) is 0 Å². The minimum Gasteiger partial charge on any atom is -0.299 e. The van der Waals surface area contributed by atoms with Crippen LogP contribution >= 0.6 is 0 Å². The van der Waals surface area contributed by atoms with Crippen molar-refractivity contribution in [1.82, 2.24) is 0 Å². The fourth-order valence-corrected chi connectivity index (χ4v) is 6.96. The van der Waals surface area contributed by atoms with Gasteiger partial charge in [-0.05, 0) is 47.3 Å². The first kappa shape index (κ1) is 14.9. The molecule has 22 heavy (non-hydrogen) atoms. The van der Waals surface area contributed by atoms with Gasteiger partial charge in [0.15, 0.2) is 0 Å². The van der Waals surface area contributed by atoms with E-state index in [2.05, 4.69) is 41.5 Å². The van der Waals surface area contributed by atoms with Gasteiger partial charge in [-0.2, -0.15) is 0 Å². The van der Waals surface area contributed by atoms with Crippen LogP contribution in [0.1, 0.15) is 54.4 Å². The zero-order valence-electron chi connectivity index (χ0n) is 14.8. The van der Waals surface area contributed by atoms with Crippen molar-refractivity contribution in [3.63, 3.8) is 0 Å². The molecule has 0 aromatic rings. The largest absolute Gasteiger partial charge is 0.299 e. The van der Waals surface area contributed by atoms with E-state index < -0.39 is 0 Å². The molecule has 0 aromatic carbocycles. The van der Waals surface area contributed by atoms with Gasteiger partial charge in [0.25, 0.3) is 0 Å². The van der Waals surface area contributed by atoms with Crippen LogP contribution < -0.4 is 0 Å². The average Bonchev–Trinajstić information content (AvgIpc) is 3.06. The summed E-state index contributed by atoms with van der Waals surface area (Å²) < 4.78 is 0. The first-order valence-corrected chi connectivity index (χ1v) is 9.17. The fourth-order valence-electron chi connectivity index (χ4n) is 6.96. The van der Waals surface area contributed by atoms with E-state index in [1.54, 1.807) is 0 Å². The third kappa shape index (κ3) is 1.43. The molecule has 0 radical (unpaired) electrons. The Kier molecular flexibility index (Phi) is 2.74. The van der Waals surface area contributed by atoms with Crippen LogP contribution in [0.2, 0.25) is 0 Å². The lowest BCUT2D eigenvalue weighted by Crippen LogP contribution is -2.50. The van der Waals surface area contributed by atoms with E-state index in [4.69, 9.17) is 0 Å². The first-order chi connectivity index (χ1) is 10.1. The SMILES string of the molecule is C[C@H]1[C@H]2C[C@H]([C@H]([C@H]3C(=O)[C@@H]4C[C@@H]3C(C)(C)[C@H]4C)C2=O)C1(C)C. The van der Waals surface area contributed by atoms with Gasteiger partial charge >= 0.3 is 0 Å². The van der Waals surface area contributed by atoms with Crippen molar-refractivity contribution in [1.29, 1.82) is 0 Å². The van der Waals surface area contributed by atoms with Gasteiger partial charge in [-0.3, -0.25) is 9.59 Å². The highest BCUT2D eigenvalue weighted by Gasteiger charge is 2.68. The maximum Gasteiger partial charge on any atom is 0.140 e. The molecule has 0 aliphatic heterocycles. The van der Waals surface area contributed by atoms with E-state index in [0.29, 0.717) is 35.2 Å². The van der Waals surface area contributed by atoms with Gasteiger partial charge < -0.3 is 0 Å². The summed E-state index contributed by atoms with van der Waals surface area (Å²) >= 11 is 0. The molecule has 0 saturated heterocycles. The molecule has 0 N–H and O–H groups in total. The molecule has 0 spiro atoms. The monoisotopic (exact) mass is 302 g/mol. The van der Waals surface area contributed by atoms with Gasteiger partial charge in [-0.15, -0.1) is 0 Å². The van der Waals surface area contributed by atoms with Gasteiger partial charge in [0.05, 0.1) is 0 Å². The van der Waals surface area contributed by atoms with Gasteiger partial charge in [-0.25, -0.2) is 0 Å². The summed E-state index contributed by atoms with van der Waals surface area (Å²) in [5, 5.41) is 0. The molecule has 4 aliphatic rings. The van der Waals surface area contributed by atoms with Crippen LogP contribution in [0.15, 0.2) is 0 Å². The lowest BCUT2D eigenvalue weighted by Gasteiger charge is -2.47. The average molecular weight is 302 g/mol. The van der Waals surface area contributed by atoms with Gasteiger partial charge in [0, 0.05) is 23.7 Å². The number of ketones is 2. The molecule has 2 heteroatoms. The highest BCUT2D eigenvalue weighted by molar-refractivity contribution is 5.96. The fraction of sp³-hybridized carbons (Fsp3) is 0.900. The van der Waals surface area contributed by atoms with Crippen molar-refractivity contribution in [3.8, 4) is 0 Å². The number of fused-ring (bicyclic) bond motifs is 4. The first-order valence-electron chi connectivity index (χ1n) is 9.17. The molecule has 0 unspecified atom stereocenters. The standard InChI is InChI=1S/C20H30O2/c1-9-11-7-13(19(9,3)4)15(17(11)21)16-14-8-12(18(16)22)10(2)20(14,5)6/h9-16H,7-8H2,1-6H3/t9-,10-,11+,12+,13-,14+,15-,16+/m0/s1. The van der Waals surface area contributed by atoms with E-state index >= 15 is 0 Å². The topological polar surface area (TPSA) is 34.1 Å². The lowest BCUT2D eigenvalue weighted by molar-refractivity contribution is -0.145. The van der Waals surface area contributed by atoms with Crippen LogP contribution in [0.5, 0.6) is 0 Å². The summed E-state index contributed by atoms with van der Waals surface area (Å²) in [5.41, 5.74) is 0.419. The maximum atomic E-state index is 13.0. The Morgan fingerprint density at radius 1 is 0.727 bits per heavy atom. The van der Waals surface area contributed by atoms with Crippen LogP contribution in [-0.2, 0) is 9.59 Å². The van der Waals surface area contributed by atoms with Crippen molar-refractivity contribution >= 4 is 11.6 Å². The minimum absolute atomic E-state index is 0.0328. The quantitative estimate of drug-likeness (QED) is 0.734. The number of hydrogen-bond acceptors (Lipinski definition) is 2. The van der Waals surface area contributed by atoms with Gasteiger partial charge in [-0.1, -0.05) is 41.5 Å². The zero-order chi connectivity index (χ0) is 16.2. The second-order valence-electron chi connectivity index (χ2n) is 9.97. The Labute approximate surface area is 134 Å². The molecule has 4 aliphatic carbocycles. The highest BCUT2D eigenvalue weighted by atomic mass is 16.1. The normalized spacial score (nSPS) is 54.5. The predicted molar refractivity (Wildman–Crippen MR) is 86.1 cm³/mol. The lowest BCUT2D eigenvalue weighted by atomic mass is 9.55. The van der Waals surface area contributed by atoms with E-state index in [1.165, 1.54) is 0 Å². The Morgan fingerprint density at radius 2 is 1.05 bits per heavy atom. The van der Waals surface area contributed by atoms with Crippen LogP contribution in [-0.4, -0.2) is 11.6 Å². The number of Topliss-reactive ketones (excluding diaryl/α,β-unsaturated/α-hetero) is 2. The van der Waals surface area contributed by atoms with Crippen LogP contribution in [0, 0.1) is 58.2 Å². The summed E-state index contributed by atoms with van der Waals surface area (Å²) in [5.74, 6) is 3.19. The summed E-state index contributed by atoms with van der Waals surface area (Å²) in [7, 11) is 0. The van der Waals surface area contributed by atoms with Crippen molar-refractivity contribution in [2.75, 3.05) is 0 Å². The summed E-state index contributed by atoms with van der Waals surface area (Å²) in [6.07, 6.45) is 2.07. The number of carbonyl (C=O) groups is 2. The van der Waals surface area contributed by atoms with E-state index in [1.807, 2.05) is 0 Å². The van der Waals surface area contributed by atoms with E-state index in [0.717, 1.165) is 12.8 Å². The Bertz CT molecular complexity index is 508. The van der Waals surface area contributed by atoms with Crippen molar-refractivity contribution in [2.24, 2.45) is 58.2 Å². The van der Waals surface area contributed by atoms with Gasteiger partial charge in [0.1, 0.15) is 11.6 Å². The second kappa shape index (κ2) is 4.05. The molecular formula is C20H30O2. The number of hydrogen-bond donors (Lipinski definition) is 0. The number of rotatable bonds is 1. The molecule has 122 valence electrons. The third-order valence-electron chi connectivity index (χ3n) is 9.12. The molecule has 4 saturated carbocycles. The maximum absolute atomic E-state index is 13.0. The second-order valence-corrected chi connectivity index (χ2v) is 9.97. The van der Waals surface area contributed by atoms with Crippen molar-refractivity contribution in [3.05, 3.63) is 0 Å². The smallest absolute Gasteiger partial charge is 0.140 e. The van der Waals surface area contributed by atoms with Crippen molar-refractivity contribution in [2.45, 2.75) is 54.4 Å². The predicted octanol–water partition coefficient (Wildman–Crippen LogP) is 3.98. The molecule has 0 heterocycles. The summed E-state index contributed by atoms with van der Waals surface area (Å²) in [6, 6.07) is 0. The van der Waals surface area contributed by atoms with Crippen LogP contribution in [0.4, 0.5) is 0 Å². The highest BCUT2D eigenvalue weighted by Crippen LogP contribution is 2.68. The number of carbonyl (C=O) groups excluding carboxylic acids is 2.